The molecule has 4 heteroatoms. The highest BCUT2D eigenvalue weighted by Crippen LogP contribution is 2.37. The lowest BCUT2D eigenvalue weighted by Gasteiger charge is -2.41. The number of hydrogen-bond donors (Lipinski definition) is 1. The monoisotopic (exact) mass is 314 g/mol. The minimum atomic E-state index is 0.204. The third kappa shape index (κ3) is 2.81. The summed E-state index contributed by atoms with van der Waals surface area (Å²) in [4.78, 5) is 2.46. The van der Waals surface area contributed by atoms with Crippen molar-refractivity contribution >= 4 is 15.9 Å². The zero-order valence-corrected chi connectivity index (χ0v) is 12.9. The molecule has 1 saturated heterocycles. The molecule has 0 bridgehead atoms. The number of likely N-dealkylation sites (tertiary alicyclic amines) is 1. The Kier molecular flexibility index (Phi) is 4.51. The molecule has 2 N–H and O–H groups in total. The van der Waals surface area contributed by atoms with E-state index in [1.807, 2.05) is 6.07 Å². The Morgan fingerprint density at radius 2 is 2.17 bits per heavy atom. The highest BCUT2D eigenvalue weighted by molar-refractivity contribution is 9.10. The van der Waals surface area contributed by atoms with Gasteiger partial charge in [0.15, 0.2) is 0 Å². The van der Waals surface area contributed by atoms with Crippen LogP contribution in [0.4, 0.5) is 0 Å². The summed E-state index contributed by atoms with van der Waals surface area (Å²) < 4.78 is 6.61. The second-order valence-electron chi connectivity index (χ2n) is 5.58. The molecule has 0 saturated carbocycles. The molecule has 3 nitrogen and oxygen atoms in total. The lowest BCUT2D eigenvalue weighted by molar-refractivity contribution is 0.0745. The molecular weight excluding hydrogens is 292 g/mol. The van der Waals surface area contributed by atoms with E-state index in [9.17, 15) is 0 Å². The summed E-state index contributed by atoms with van der Waals surface area (Å²) in [5.41, 5.74) is 6.45. The van der Waals surface area contributed by atoms with Gasteiger partial charge in [0.2, 0.25) is 0 Å². The molecule has 0 aliphatic carbocycles. The van der Waals surface area contributed by atoms with E-state index in [1.54, 1.807) is 6.26 Å². The first kappa shape index (κ1) is 14.1. The van der Waals surface area contributed by atoms with Crippen molar-refractivity contribution in [2.75, 3.05) is 19.6 Å². The first-order valence-corrected chi connectivity index (χ1v) is 7.56. The lowest BCUT2D eigenvalue weighted by atomic mass is 9.78. The van der Waals surface area contributed by atoms with Crippen LogP contribution >= 0.6 is 15.9 Å². The zero-order valence-electron chi connectivity index (χ0n) is 11.3. The van der Waals surface area contributed by atoms with E-state index < -0.39 is 0 Å². The van der Waals surface area contributed by atoms with Crippen molar-refractivity contribution in [3.8, 4) is 0 Å². The van der Waals surface area contributed by atoms with E-state index in [1.165, 1.54) is 19.3 Å². The van der Waals surface area contributed by atoms with Gasteiger partial charge in [0.05, 0.1) is 16.8 Å². The second kappa shape index (κ2) is 5.76. The summed E-state index contributed by atoms with van der Waals surface area (Å²) in [6, 6.07) is 2.15. The number of halogens is 1. The van der Waals surface area contributed by atoms with Gasteiger partial charge in [0, 0.05) is 6.54 Å². The van der Waals surface area contributed by atoms with Crippen LogP contribution < -0.4 is 5.73 Å². The Morgan fingerprint density at radius 3 is 2.61 bits per heavy atom. The Labute approximate surface area is 118 Å². The van der Waals surface area contributed by atoms with E-state index >= 15 is 0 Å². The van der Waals surface area contributed by atoms with Gasteiger partial charge in [-0.3, -0.25) is 4.90 Å². The molecule has 2 heterocycles. The van der Waals surface area contributed by atoms with Gasteiger partial charge in [-0.1, -0.05) is 20.3 Å². The Hall–Kier alpha value is -0.320. The van der Waals surface area contributed by atoms with Gasteiger partial charge in [-0.25, -0.2) is 0 Å². The molecule has 1 unspecified atom stereocenters. The predicted molar refractivity (Wildman–Crippen MR) is 77.4 cm³/mol. The lowest BCUT2D eigenvalue weighted by Crippen LogP contribution is -2.42. The topological polar surface area (TPSA) is 42.4 Å². The summed E-state index contributed by atoms with van der Waals surface area (Å²) in [5, 5.41) is 0. The normalized spacial score (nSPS) is 22.0. The molecule has 0 spiro atoms. The molecule has 18 heavy (non-hydrogen) atoms. The van der Waals surface area contributed by atoms with Crippen molar-refractivity contribution in [3.63, 3.8) is 0 Å². The molecule has 0 radical (unpaired) electrons. The van der Waals surface area contributed by atoms with Crippen molar-refractivity contribution < 1.29 is 4.42 Å². The highest BCUT2D eigenvalue weighted by atomic mass is 79.9. The van der Waals surface area contributed by atoms with E-state index in [2.05, 4.69) is 34.7 Å². The molecule has 1 aliphatic heterocycles. The number of nitrogens with zero attached hydrogens (tertiary/aromatic N) is 1. The summed E-state index contributed by atoms with van der Waals surface area (Å²) in [6.07, 6.45) is 5.48. The minimum Gasteiger partial charge on any atom is -0.466 e. The van der Waals surface area contributed by atoms with Crippen LogP contribution in [0.15, 0.2) is 21.2 Å². The molecular formula is C14H23BrN2O. The molecule has 1 aliphatic rings. The Balaban J connectivity index is 2.06. The number of nitrogens with two attached hydrogens (primary N) is 1. The van der Waals surface area contributed by atoms with Crippen LogP contribution in [0.1, 0.15) is 44.9 Å². The smallest absolute Gasteiger partial charge is 0.136 e. The quantitative estimate of drug-likeness (QED) is 0.924. The molecule has 1 aromatic heterocycles. The first-order valence-electron chi connectivity index (χ1n) is 6.76. The van der Waals surface area contributed by atoms with Crippen LogP contribution in [0.25, 0.3) is 0 Å². The predicted octanol–water partition coefficient (Wildman–Crippen LogP) is 3.55. The molecule has 1 fully saturated rings. The van der Waals surface area contributed by atoms with Crippen LogP contribution in [-0.2, 0) is 0 Å². The SMILES string of the molecule is CCC1(C)CCN(C(CN)c2occc2Br)CC1. The highest BCUT2D eigenvalue weighted by Gasteiger charge is 2.33. The molecule has 0 aromatic carbocycles. The summed E-state index contributed by atoms with van der Waals surface area (Å²) in [6.45, 7) is 7.51. The maximum absolute atomic E-state index is 5.94. The average molecular weight is 315 g/mol. The molecule has 102 valence electrons. The fourth-order valence-corrected chi connectivity index (χ4v) is 3.16. The van der Waals surface area contributed by atoms with Crippen LogP contribution in [0, 0.1) is 5.41 Å². The summed E-state index contributed by atoms with van der Waals surface area (Å²) >= 11 is 3.53. The van der Waals surface area contributed by atoms with Crippen LogP contribution in [-0.4, -0.2) is 24.5 Å². The fourth-order valence-electron chi connectivity index (χ4n) is 2.69. The third-order valence-corrected chi connectivity index (χ3v) is 5.13. The van der Waals surface area contributed by atoms with Crippen LogP contribution in [0.2, 0.25) is 0 Å². The maximum Gasteiger partial charge on any atom is 0.136 e. The van der Waals surface area contributed by atoms with E-state index in [0.29, 0.717) is 12.0 Å². The van der Waals surface area contributed by atoms with E-state index in [4.69, 9.17) is 10.2 Å². The maximum atomic E-state index is 5.94. The average Bonchev–Trinajstić information content (AvgIpc) is 2.79. The number of furan rings is 1. The largest absolute Gasteiger partial charge is 0.466 e. The molecule has 1 aromatic rings. The Morgan fingerprint density at radius 1 is 1.50 bits per heavy atom. The fraction of sp³-hybridized carbons (Fsp3) is 0.714. The summed E-state index contributed by atoms with van der Waals surface area (Å²) in [5.74, 6) is 0.970. The third-order valence-electron chi connectivity index (χ3n) is 4.47. The standard InChI is InChI=1S/C14H23BrN2O/c1-3-14(2)5-7-17(8-6-14)12(10-16)13-11(15)4-9-18-13/h4,9,12H,3,5-8,10,16H2,1-2H3. The zero-order chi connectivity index (χ0) is 13.2. The number of hydrogen-bond acceptors (Lipinski definition) is 3. The van der Waals surface area contributed by atoms with Gasteiger partial charge in [-0.05, 0) is 53.3 Å². The van der Waals surface area contributed by atoms with Gasteiger partial charge >= 0.3 is 0 Å². The second-order valence-corrected chi connectivity index (χ2v) is 6.44. The van der Waals surface area contributed by atoms with Crippen LogP contribution in [0.5, 0.6) is 0 Å². The summed E-state index contributed by atoms with van der Waals surface area (Å²) in [7, 11) is 0. The van der Waals surface area contributed by atoms with Gasteiger partial charge in [0.1, 0.15) is 5.76 Å². The molecule has 1 atom stereocenters. The van der Waals surface area contributed by atoms with Crippen molar-refractivity contribution in [2.45, 2.75) is 39.2 Å². The molecule has 0 amide bonds. The van der Waals surface area contributed by atoms with E-state index in [0.717, 1.165) is 23.3 Å². The van der Waals surface area contributed by atoms with Gasteiger partial charge in [0.25, 0.3) is 0 Å². The van der Waals surface area contributed by atoms with Gasteiger partial charge in [-0.15, -0.1) is 0 Å². The van der Waals surface area contributed by atoms with Crippen molar-refractivity contribution in [2.24, 2.45) is 11.1 Å². The van der Waals surface area contributed by atoms with Crippen LogP contribution in [0.3, 0.4) is 0 Å². The van der Waals surface area contributed by atoms with Crippen molar-refractivity contribution in [3.05, 3.63) is 22.6 Å². The van der Waals surface area contributed by atoms with E-state index in [-0.39, 0.29) is 6.04 Å². The molecule has 2 rings (SSSR count). The number of rotatable bonds is 4. The number of piperidine rings is 1. The first-order chi connectivity index (χ1) is 8.59. The van der Waals surface area contributed by atoms with Gasteiger partial charge in [-0.2, -0.15) is 0 Å². The van der Waals surface area contributed by atoms with Crippen molar-refractivity contribution in [1.29, 1.82) is 0 Å². The Bertz CT molecular complexity index is 383. The van der Waals surface area contributed by atoms with Crippen molar-refractivity contribution in [1.82, 2.24) is 4.90 Å². The van der Waals surface area contributed by atoms with Gasteiger partial charge < -0.3 is 10.2 Å². The minimum absolute atomic E-state index is 0.204.